The minimum absolute atomic E-state index is 0.123. The van der Waals surface area contributed by atoms with Gasteiger partial charge in [-0.2, -0.15) is 0 Å². The summed E-state index contributed by atoms with van der Waals surface area (Å²) in [6, 6.07) is 0.969. The molecular formula is C12H18N4O. The van der Waals surface area contributed by atoms with Crippen molar-refractivity contribution >= 4 is 5.82 Å². The van der Waals surface area contributed by atoms with Gasteiger partial charge in [0, 0.05) is 31.0 Å². The number of anilines is 1. The molecule has 2 saturated heterocycles. The van der Waals surface area contributed by atoms with Crippen LogP contribution in [0.3, 0.4) is 0 Å². The highest BCUT2D eigenvalue weighted by Crippen LogP contribution is 2.28. The molecule has 3 heterocycles. The van der Waals surface area contributed by atoms with E-state index in [9.17, 15) is 4.79 Å². The first-order valence-electron chi connectivity index (χ1n) is 6.39. The van der Waals surface area contributed by atoms with Crippen LogP contribution in [0.5, 0.6) is 0 Å². The fourth-order valence-corrected chi connectivity index (χ4v) is 3.05. The Labute approximate surface area is 100 Å². The van der Waals surface area contributed by atoms with Gasteiger partial charge < -0.3 is 10.3 Å². The summed E-state index contributed by atoms with van der Waals surface area (Å²) in [5.41, 5.74) is -0.123. The number of nitrogens with zero attached hydrogens (tertiary/aromatic N) is 2. The molecule has 2 aliphatic heterocycles. The second-order valence-corrected chi connectivity index (χ2v) is 4.91. The van der Waals surface area contributed by atoms with Crippen LogP contribution in [0.15, 0.2) is 17.2 Å². The van der Waals surface area contributed by atoms with Gasteiger partial charge >= 0.3 is 0 Å². The molecule has 0 aliphatic carbocycles. The quantitative estimate of drug-likeness (QED) is 0.795. The lowest BCUT2D eigenvalue weighted by atomic mass is 9.99. The molecule has 92 valence electrons. The Morgan fingerprint density at radius 2 is 2.29 bits per heavy atom. The summed E-state index contributed by atoms with van der Waals surface area (Å²) in [5.74, 6) is 0.463. The average molecular weight is 234 g/mol. The van der Waals surface area contributed by atoms with Crippen LogP contribution in [0.25, 0.3) is 0 Å². The van der Waals surface area contributed by atoms with E-state index in [1.54, 1.807) is 12.4 Å². The van der Waals surface area contributed by atoms with Gasteiger partial charge in [0.15, 0.2) is 5.82 Å². The van der Waals surface area contributed by atoms with Crippen molar-refractivity contribution in [3.63, 3.8) is 0 Å². The number of aromatic amines is 1. The van der Waals surface area contributed by atoms with Gasteiger partial charge in [0.25, 0.3) is 5.56 Å². The number of hydrogen-bond donors (Lipinski definition) is 2. The van der Waals surface area contributed by atoms with Gasteiger partial charge in [0.1, 0.15) is 0 Å². The molecule has 0 aromatic carbocycles. The first-order valence-corrected chi connectivity index (χ1v) is 6.39. The summed E-state index contributed by atoms with van der Waals surface area (Å²) in [5, 5.41) is 3.31. The van der Waals surface area contributed by atoms with E-state index in [1.807, 2.05) is 0 Å². The zero-order valence-corrected chi connectivity index (χ0v) is 9.85. The second-order valence-electron chi connectivity index (χ2n) is 4.91. The maximum absolute atomic E-state index is 11.6. The highest BCUT2D eigenvalue weighted by Gasteiger charge is 2.35. The maximum Gasteiger partial charge on any atom is 0.290 e. The molecule has 17 heavy (non-hydrogen) atoms. The Morgan fingerprint density at radius 1 is 1.35 bits per heavy atom. The predicted octanol–water partition coefficient (Wildman–Crippen LogP) is 0.809. The summed E-state index contributed by atoms with van der Waals surface area (Å²) in [4.78, 5) is 20.9. The Balaban J connectivity index is 1.74. The highest BCUT2D eigenvalue weighted by molar-refractivity contribution is 5.33. The lowest BCUT2D eigenvalue weighted by Gasteiger charge is -2.32. The van der Waals surface area contributed by atoms with Gasteiger partial charge in [-0.1, -0.05) is 6.42 Å². The van der Waals surface area contributed by atoms with E-state index in [0.717, 1.165) is 13.0 Å². The van der Waals surface area contributed by atoms with Crippen LogP contribution in [0.2, 0.25) is 0 Å². The Morgan fingerprint density at radius 3 is 3.18 bits per heavy atom. The van der Waals surface area contributed by atoms with Crippen LogP contribution in [0.4, 0.5) is 5.82 Å². The van der Waals surface area contributed by atoms with Crippen molar-refractivity contribution in [2.24, 2.45) is 0 Å². The van der Waals surface area contributed by atoms with Crippen LogP contribution in [0, 0.1) is 0 Å². The summed E-state index contributed by atoms with van der Waals surface area (Å²) >= 11 is 0. The van der Waals surface area contributed by atoms with Gasteiger partial charge in [0.05, 0.1) is 0 Å². The van der Waals surface area contributed by atoms with Crippen molar-refractivity contribution in [1.29, 1.82) is 0 Å². The van der Waals surface area contributed by atoms with Gasteiger partial charge in [-0.15, -0.1) is 0 Å². The van der Waals surface area contributed by atoms with Crippen LogP contribution >= 0.6 is 0 Å². The van der Waals surface area contributed by atoms with E-state index >= 15 is 0 Å². The largest absolute Gasteiger partial charge is 0.361 e. The third kappa shape index (κ3) is 2.07. The molecule has 2 fully saturated rings. The number of fused-ring (bicyclic) bond motifs is 1. The standard InChI is InChI=1S/C12H18N4O/c17-12-11(13-5-6-14-12)15-9-4-8-16-7-2-1-3-10(9)16/h5-6,9-10H,1-4,7-8H2,(H,13,15)(H,14,17). The van der Waals surface area contributed by atoms with Crippen molar-refractivity contribution in [2.45, 2.75) is 37.8 Å². The van der Waals surface area contributed by atoms with Crippen molar-refractivity contribution in [3.05, 3.63) is 22.7 Å². The van der Waals surface area contributed by atoms with Crippen LogP contribution in [-0.2, 0) is 0 Å². The molecule has 0 bridgehead atoms. The molecule has 0 radical (unpaired) electrons. The molecule has 2 atom stereocenters. The second kappa shape index (κ2) is 4.49. The molecule has 3 rings (SSSR count). The summed E-state index contributed by atoms with van der Waals surface area (Å²) in [7, 11) is 0. The zero-order chi connectivity index (χ0) is 11.7. The molecular weight excluding hydrogens is 216 g/mol. The number of H-pyrrole nitrogens is 1. The van der Waals surface area contributed by atoms with E-state index < -0.39 is 0 Å². The molecule has 0 spiro atoms. The maximum atomic E-state index is 11.6. The van der Waals surface area contributed by atoms with Crippen molar-refractivity contribution in [3.8, 4) is 0 Å². The van der Waals surface area contributed by atoms with E-state index in [2.05, 4.69) is 20.2 Å². The number of aromatic nitrogens is 2. The molecule has 0 amide bonds. The Hall–Kier alpha value is -1.36. The van der Waals surface area contributed by atoms with Gasteiger partial charge in [-0.25, -0.2) is 4.98 Å². The summed E-state index contributed by atoms with van der Waals surface area (Å²) in [6.07, 6.45) is 8.15. The lowest BCUT2D eigenvalue weighted by molar-refractivity contribution is 0.192. The van der Waals surface area contributed by atoms with Gasteiger partial charge in [-0.05, 0) is 25.8 Å². The highest BCUT2D eigenvalue weighted by atomic mass is 16.1. The fourth-order valence-electron chi connectivity index (χ4n) is 3.05. The monoisotopic (exact) mass is 234 g/mol. The Kier molecular flexibility index (Phi) is 2.84. The number of rotatable bonds is 2. The average Bonchev–Trinajstić information content (AvgIpc) is 2.76. The van der Waals surface area contributed by atoms with Crippen molar-refractivity contribution in [2.75, 3.05) is 18.4 Å². The molecule has 2 aliphatic rings. The molecule has 0 saturated carbocycles. The minimum atomic E-state index is -0.123. The minimum Gasteiger partial charge on any atom is -0.361 e. The molecule has 2 unspecified atom stereocenters. The third-order valence-corrected chi connectivity index (χ3v) is 3.89. The molecule has 1 aromatic rings. The van der Waals surface area contributed by atoms with Crippen LogP contribution in [0.1, 0.15) is 25.7 Å². The fraction of sp³-hybridized carbons (Fsp3) is 0.667. The number of hydrogen-bond acceptors (Lipinski definition) is 4. The van der Waals surface area contributed by atoms with Crippen LogP contribution < -0.4 is 10.9 Å². The van der Waals surface area contributed by atoms with Crippen LogP contribution in [-0.4, -0.2) is 40.0 Å². The molecule has 5 heteroatoms. The number of nitrogens with one attached hydrogen (secondary N) is 2. The normalized spacial score (nSPS) is 28.9. The topological polar surface area (TPSA) is 61.0 Å². The van der Waals surface area contributed by atoms with Crippen molar-refractivity contribution in [1.82, 2.24) is 14.9 Å². The first-order chi connectivity index (χ1) is 8.34. The van der Waals surface area contributed by atoms with E-state index in [0.29, 0.717) is 17.9 Å². The smallest absolute Gasteiger partial charge is 0.290 e. The summed E-state index contributed by atoms with van der Waals surface area (Å²) in [6.45, 7) is 2.36. The van der Waals surface area contributed by atoms with Crippen molar-refractivity contribution < 1.29 is 0 Å². The Bertz CT molecular complexity index is 444. The molecule has 2 N–H and O–H groups in total. The third-order valence-electron chi connectivity index (χ3n) is 3.89. The molecule has 1 aromatic heterocycles. The first kappa shape index (κ1) is 10.8. The number of piperidine rings is 1. The predicted molar refractivity (Wildman–Crippen MR) is 66.1 cm³/mol. The van der Waals surface area contributed by atoms with Gasteiger partial charge in [-0.3, -0.25) is 9.69 Å². The lowest BCUT2D eigenvalue weighted by Crippen LogP contribution is -2.42. The SMILES string of the molecule is O=c1[nH]ccnc1NC1CCN2CCCCC12. The van der Waals surface area contributed by atoms with E-state index in [4.69, 9.17) is 0 Å². The molecule has 5 nitrogen and oxygen atoms in total. The van der Waals surface area contributed by atoms with E-state index in [1.165, 1.54) is 25.8 Å². The van der Waals surface area contributed by atoms with E-state index in [-0.39, 0.29) is 5.56 Å². The zero-order valence-electron chi connectivity index (χ0n) is 9.85. The van der Waals surface area contributed by atoms with Gasteiger partial charge in [0.2, 0.25) is 0 Å². The summed E-state index contributed by atoms with van der Waals surface area (Å²) < 4.78 is 0.